The summed E-state index contributed by atoms with van der Waals surface area (Å²) in [7, 11) is 0. The molecular formula is C21H20N7O3-. The number of aromatic nitrogens is 4. The molecule has 3 aromatic rings. The Morgan fingerprint density at radius 2 is 1.74 bits per heavy atom. The Kier molecular flexibility index (Phi) is 4.83. The van der Waals surface area contributed by atoms with Crippen LogP contribution in [0.2, 0.25) is 0 Å². The van der Waals surface area contributed by atoms with Gasteiger partial charge in [0.05, 0.1) is 24.9 Å². The van der Waals surface area contributed by atoms with Crippen molar-refractivity contribution >= 4 is 29.4 Å². The highest BCUT2D eigenvalue weighted by Gasteiger charge is 2.29. The van der Waals surface area contributed by atoms with Crippen LogP contribution >= 0.6 is 0 Å². The maximum absolute atomic E-state index is 11.1. The van der Waals surface area contributed by atoms with Crippen LogP contribution in [0.1, 0.15) is 15.9 Å². The van der Waals surface area contributed by atoms with Crippen LogP contribution in [0.15, 0.2) is 36.7 Å². The Morgan fingerprint density at radius 1 is 1.03 bits per heavy atom. The van der Waals surface area contributed by atoms with Crippen LogP contribution in [-0.4, -0.2) is 58.8 Å². The molecule has 4 heterocycles. The molecule has 2 aromatic heterocycles. The second-order valence-corrected chi connectivity index (χ2v) is 7.34. The molecule has 1 fully saturated rings. The highest BCUT2D eigenvalue weighted by atomic mass is 16.5. The summed E-state index contributed by atoms with van der Waals surface area (Å²) in [6.07, 6.45) is 4.08. The topological polar surface area (TPSA) is 133 Å². The van der Waals surface area contributed by atoms with Gasteiger partial charge in [-0.25, -0.2) is 15.0 Å². The molecule has 2 aliphatic rings. The van der Waals surface area contributed by atoms with Crippen LogP contribution in [0.3, 0.4) is 0 Å². The number of benzene rings is 1. The summed E-state index contributed by atoms with van der Waals surface area (Å²) in [6, 6.07) is 6.62. The Balaban J connectivity index is 1.60. The van der Waals surface area contributed by atoms with Gasteiger partial charge in [0.2, 0.25) is 11.9 Å². The Bertz CT molecular complexity index is 1110. The van der Waals surface area contributed by atoms with Crippen molar-refractivity contribution in [1.82, 2.24) is 19.9 Å². The van der Waals surface area contributed by atoms with Crippen molar-refractivity contribution in [3.05, 3.63) is 47.8 Å². The largest absolute Gasteiger partial charge is 0.545 e. The fourth-order valence-corrected chi connectivity index (χ4v) is 3.88. The first-order chi connectivity index (χ1) is 15.1. The maximum Gasteiger partial charge on any atom is 0.228 e. The van der Waals surface area contributed by atoms with Crippen LogP contribution < -0.4 is 20.6 Å². The van der Waals surface area contributed by atoms with E-state index in [0.717, 1.165) is 34.7 Å². The standard InChI is InChI=1S/C21H21N7O3/c22-20-23-11-14(12-24-20)17-16-5-6-28(15-3-1-13(2-4-15)19(29)30)18(16)26-21(25-17)27-7-9-31-10-8-27/h1-4,11-12H,5-10H2,(H,29,30)(H2,22,23,24)/p-1. The van der Waals surface area contributed by atoms with E-state index in [9.17, 15) is 9.90 Å². The monoisotopic (exact) mass is 418 g/mol. The highest BCUT2D eigenvalue weighted by molar-refractivity contribution is 5.86. The lowest BCUT2D eigenvalue weighted by atomic mass is 10.1. The van der Waals surface area contributed by atoms with E-state index >= 15 is 0 Å². The van der Waals surface area contributed by atoms with Gasteiger partial charge < -0.3 is 30.2 Å². The van der Waals surface area contributed by atoms with Crippen LogP contribution in [0.5, 0.6) is 0 Å². The zero-order valence-electron chi connectivity index (χ0n) is 16.7. The summed E-state index contributed by atoms with van der Waals surface area (Å²) >= 11 is 0. The number of carbonyl (C=O) groups is 1. The number of nitrogen functional groups attached to an aromatic ring is 1. The molecule has 0 radical (unpaired) electrons. The highest BCUT2D eigenvalue weighted by Crippen LogP contribution is 2.39. The van der Waals surface area contributed by atoms with Gasteiger partial charge in [0, 0.05) is 48.8 Å². The lowest BCUT2D eigenvalue weighted by molar-refractivity contribution is -0.255. The first kappa shape index (κ1) is 19.2. The lowest BCUT2D eigenvalue weighted by Gasteiger charge is -2.28. The molecule has 5 rings (SSSR count). The molecule has 31 heavy (non-hydrogen) atoms. The van der Waals surface area contributed by atoms with E-state index in [-0.39, 0.29) is 11.5 Å². The van der Waals surface area contributed by atoms with Gasteiger partial charge in [0.1, 0.15) is 5.82 Å². The molecule has 158 valence electrons. The van der Waals surface area contributed by atoms with E-state index in [1.165, 1.54) is 0 Å². The third kappa shape index (κ3) is 3.61. The van der Waals surface area contributed by atoms with Crippen molar-refractivity contribution in [2.75, 3.05) is 48.4 Å². The van der Waals surface area contributed by atoms with Crippen molar-refractivity contribution < 1.29 is 14.6 Å². The number of fused-ring (bicyclic) bond motifs is 1. The number of nitrogens with zero attached hydrogens (tertiary/aromatic N) is 6. The number of carbonyl (C=O) groups excluding carboxylic acids is 1. The first-order valence-electron chi connectivity index (χ1n) is 10.0. The smallest absolute Gasteiger partial charge is 0.228 e. The molecule has 0 saturated carbocycles. The number of anilines is 4. The minimum absolute atomic E-state index is 0.138. The van der Waals surface area contributed by atoms with Crippen molar-refractivity contribution in [3.63, 3.8) is 0 Å². The Morgan fingerprint density at radius 3 is 2.42 bits per heavy atom. The summed E-state index contributed by atoms with van der Waals surface area (Å²) in [5, 5.41) is 11.1. The third-order valence-electron chi connectivity index (χ3n) is 5.47. The predicted octanol–water partition coefficient (Wildman–Crippen LogP) is 0.410. The van der Waals surface area contributed by atoms with Gasteiger partial charge in [-0.1, -0.05) is 12.1 Å². The van der Waals surface area contributed by atoms with Gasteiger partial charge in [-0.05, 0) is 24.1 Å². The van der Waals surface area contributed by atoms with E-state index < -0.39 is 5.97 Å². The van der Waals surface area contributed by atoms with Crippen molar-refractivity contribution in [1.29, 1.82) is 0 Å². The minimum Gasteiger partial charge on any atom is -0.545 e. The fourth-order valence-electron chi connectivity index (χ4n) is 3.88. The molecule has 10 nitrogen and oxygen atoms in total. The number of ether oxygens (including phenoxy) is 1. The molecule has 2 aliphatic heterocycles. The average Bonchev–Trinajstić information content (AvgIpc) is 3.24. The molecule has 0 unspecified atom stereocenters. The number of carboxylic acids is 1. The Hall–Kier alpha value is -3.79. The number of aromatic carboxylic acids is 1. The maximum atomic E-state index is 11.1. The molecule has 1 saturated heterocycles. The lowest BCUT2D eigenvalue weighted by Crippen LogP contribution is -2.37. The predicted molar refractivity (Wildman–Crippen MR) is 112 cm³/mol. The van der Waals surface area contributed by atoms with E-state index in [2.05, 4.69) is 19.8 Å². The van der Waals surface area contributed by atoms with Gasteiger partial charge in [0.15, 0.2) is 0 Å². The molecule has 0 atom stereocenters. The zero-order chi connectivity index (χ0) is 21.4. The number of morpholine rings is 1. The van der Waals surface area contributed by atoms with E-state index in [1.54, 1.807) is 36.7 Å². The number of hydrogen-bond donors (Lipinski definition) is 1. The molecule has 0 amide bonds. The second kappa shape index (κ2) is 7.80. The normalized spacial score (nSPS) is 15.7. The van der Waals surface area contributed by atoms with Gasteiger partial charge in [-0.2, -0.15) is 4.98 Å². The number of hydrogen-bond acceptors (Lipinski definition) is 10. The van der Waals surface area contributed by atoms with E-state index in [1.807, 2.05) is 0 Å². The van der Waals surface area contributed by atoms with Crippen LogP contribution in [0, 0.1) is 0 Å². The summed E-state index contributed by atoms with van der Waals surface area (Å²) in [5.41, 5.74) is 9.21. The Labute approximate surface area is 178 Å². The van der Waals surface area contributed by atoms with Gasteiger partial charge >= 0.3 is 0 Å². The summed E-state index contributed by atoms with van der Waals surface area (Å²) in [4.78, 5) is 33.3. The molecule has 0 aliphatic carbocycles. The van der Waals surface area contributed by atoms with Crippen LogP contribution in [-0.2, 0) is 11.2 Å². The zero-order valence-corrected chi connectivity index (χ0v) is 16.7. The molecule has 2 N–H and O–H groups in total. The average molecular weight is 418 g/mol. The minimum atomic E-state index is -1.20. The number of nitrogens with two attached hydrogens (primary N) is 1. The number of carboxylic acid groups (broad SMARTS) is 1. The quantitative estimate of drug-likeness (QED) is 0.635. The van der Waals surface area contributed by atoms with E-state index in [0.29, 0.717) is 38.8 Å². The SMILES string of the molecule is Nc1ncc(-c2nc(N3CCOCC3)nc3c2CCN3c2ccc(C(=O)[O-])cc2)cn1. The molecular weight excluding hydrogens is 398 g/mol. The summed E-state index contributed by atoms with van der Waals surface area (Å²) in [5.74, 6) is 0.421. The fraction of sp³-hybridized carbons (Fsp3) is 0.286. The van der Waals surface area contributed by atoms with Gasteiger partial charge in [0.25, 0.3) is 0 Å². The summed E-state index contributed by atoms with van der Waals surface area (Å²) in [6.45, 7) is 3.35. The van der Waals surface area contributed by atoms with Crippen LogP contribution in [0.25, 0.3) is 11.3 Å². The van der Waals surface area contributed by atoms with Gasteiger partial charge in [-0.3, -0.25) is 0 Å². The summed E-state index contributed by atoms with van der Waals surface area (Å²) < 4.78 is 5.47. The first-order valence-corrected chi connectivity index (χ1v) is 10.0. The molecule has 10 heteroatoms. The third-order valence-corrected chi connectivity index (χ3v) is 5.47. The second-order valence-electron chi connectivity index (χ2n) is 7.34. The van der Waals surface area contributed by atoms with E-state index in [4.69, 9.17) is 20.4 Å². The van der Waals surface area contributed by atoms with Crippen molar-refractivity contribution in [3.8, 4) is 11.3 Å². The van der Waals surface area contributed by atoms with Crippen molar-refractivity contribution in [2.24, 2.45) is 0 Å². The van der Waals surface area contributed by atoms with Gasteiger partial charge in [-0.15, -0.1) is 0 Å². The van der Waals surface area contributed by atoms with Crippen molar-refractivity contribution in [2.45, 2.75) is 6.42 Å². The van der Waals surface area contributed by atoms with Crippen LogP contribution in [0.4, 0.5) is 23.4 Å². The molecule has 0 spiro atoms. The number of rotatable bonds is 4. The molecule has 0 bridgehead atoms. The molecule has 1 aromatic carbocycles.